The Morgan fingerprint density at radius 2 is 1.71 bits per heavy atom. The highest BCUT2D eigenvalue weighted by Gasteiger charge is 2.46. The van der Waals surface area contributed by atoms with Gasteiger partial charge in [0.1, 0.15) is 5.76 Å². The van der Waals surface area contributed by atoms with Gasteiger partial charge in [0, 0.05) is 31.7 Å². The number of nitrogens with zero attached hydrogens (tertiary/aromatic N) is 2. The lowest BCUT2D eigenvalue weighted by atomic mass is 9.95. The van der Waals surface area contributed by atoms with Crippen molar-refractivity contribution in [3.8, 4) is 17.2 Å². The first-order chi connectivity index (χ1) is 18.2. The minimum atomic E-state index is -0.912. The van der Waals surface area contributed by atoms with Gasteiger partial charge < -0.3 is 29.0 Å². The predicted molar refractivity (Wildman–Crippen MR) is 138 cm³/mol. The number of hydrogen-bond donors (Lipinski definition) is 1. The molecule has 2 fully saturated rings. The van der Waals surface area contributed by atoms with E-state index in [1.807, 2.05) is 0 Å². The van der Waals surface area contributed by atoms with Gasteiger partial charge in [-0.1, -0.05) is 6.07 Å². The van der Waals surface area contributed by atoms with Gasteiger partial charge in [0.05, 0.1) is 45.2 Å². The fraction of sp³-hybridized carbons (Fsp3) is 0.429. The van der Waals surface area contributed by atoms with Crippen LogP contribution < -0.4 is 14.2 Å². The molecule has 38 heavy (non-hydrogen) atoms. The number of benzene rings is 2. The molecule has 2 aliphatic heterocycles. The number of amides is 1. The molecule has 0 spiro atoms. The minimum Gasteiger partial charge on any atom is -0.507 e. The Labute approximate surface area is 221 Å². The number of aliphatic hydroxyl groups is 1. The molecule has 0 bridgehead atoms. The third-order valence-electron chi connectivity index (χ3n) is 6.59. The summed E-state index contributed by atoms with van der Waals surface area (Å²) in [6, 6.07) is 8.10. The fourth-order valence-electron chi connectivity index (χ4n) is 4.71. The van der Waals surface area contributed by atoms with E-state index in [2.05, 4.69) is 4.90 Å². The van der Waals surface area contributed by atoms with E-state index in [4.69, 9.17) is 18.9 Å². The summed E-state index contributed by atoms with van der Waals surface area (Å²) < 4.78 is 36.4. The summed E-state index contributed by atoms with van der Waals surface area (Å²) >= 11 is 0. The van der Waals surface area contributed by atoms with Crippen LogP contribution in [0.3, 0.4) is 0 Å². The van der Waals surface area contributed by atoms with Crippen molar-refractivity contribution in [3.05, 3.63) is 58.9 Å². The van der Waals surface area contributed by atoms with Crippen molar-refractivity contribution in [1.82, 2.24) is 9.80 Å². The molecule has 2 saturated heterocycles. The van der Waals surface area contributed by atoms with Crippen LogP contribution in [0.4, 0.5) is 4.39 Å². The van der Waals surface area contributed by atoms with Gasteiger partial charge in [0.2, 0.25) is 0 Å². The Hall–Kier alpha value is -3.63. The minimum absolute atomic E-state index is 0.0268. The summed E-state index contributed by atoms with van der Waals surface area (Å²) in [7, 11) is 2.99. The van der Waals surface area contributed by atoms with E-state index < -0.39 is 29.3 Å². The van der Waals surface area contributed by atoms with Gasteiger partial charge in [0.25, 0.3) is 11.7 Å². The van der Waals surface area contributed by atoms with Crippen molar-refractivity contribution < 1.29 is 38.0 Å². The van der Waals surface area contributed by atoms with Gasteiger partial charge in [-0.15, -0.1) is 0 Å². The van der Waals surface area contributed by atoms with Crippen molar-refractivity contribution in [1.29, 1.82) is 0 Å². The zero-order chi connectivity index (χ0) is 27.4. The molecule has 0 radical (unpaired) electrons. The van der Waals surface area contributed by atoms with Crippen LogP contribution in [0.15, 0.2) is 42.0 Å². The molecule has 204 valence electrons. The number of aliphatic hydroxyl groups excluding tert-OH is 1. The van der Waals surface area contributed by atoms with Crippen LogP contribution in [0.25, 0.3) is 5.76 Å². The number of carbonyl (C=O) groups is 2. The molecule has 2 heterocycles. The molecule has 1 atom stereocenters. The number of carbonyl (C=O) groups excluding carboxylic acids is 2. The van der Waals surface area contributed by atoms with E-state index in [9.17, 15) is 19.1 Å². The summed E-state index contributed by atoms with van der Waals surface area (Å²) in [5.41, 5.74) is 0.488. The van der Waals surface area contributed by atoms with E-state index in [1.54, 1.807) is 32.0 Å². The predicted octanol–water partition coefficient (Wildman–Crippen LogP) is 3.38. The van der Waals surface area contributed by atoms with Crippen LogP contribution in [0.1, 0.15) is 31.0 Å². The molecule has 0 aromatic heterocycles. The lowest BCUT2D eigenvalue weighted by molar-refractivity contribution is -0.140. The number of ether oxygens (including phenoxy) is 4. The van der Waals surface area contributed by atoms with E-state index in [-0.39, 0.29) is 29.5 Å². The summed E-state index contributed by atoms with van der Waals surface area (Å²) in [6.45, 7) is 6.94. The average Bonchev–Trinajstić information content (AvgIpc) is 3.17. The number of likely N-dealkylation sites (tertiary alicyclic amines) is 1. The molecule has 1 amide bonds. The van der Waals surface area contributed by atoms with Crippen molar-refractivity contribution in [2.75, 3.05) is 53.6 Å². The molecule has 0 aliphatic carbocycles. The molecule has 10 heteroatoms. The summed E-state index contributed by atoms with van der Waals surface area (Å²) in [4.78, 5) is 30.2. The molecule has 0 saturated carbocycles. The second-order valence-electron chi connectivity index (χ2n) is 9.37. The van der Waals surface area contributed by atoms with Crippen molar-refractivity contribution in [2.24, 2.45) is 0 Å². The van der Waals surface area contributed by atoms with Gasteiger partial charge in [-0.2, -0.15) is 0 Å². The highest BCUT2D eigenvalue weighted by molar-refractivity contribution is 6.46. The van der Waals surface area contributed by atoms with Crippen LogP contribution in [0, 0.1) is 5.82 Å². The summed E-state index contributed by atoms with van der Waals surface area (Å²) in [5.74, 6) is -1.82. The Kier molecular flexibility index (Phi) is 8.53. The van der Waals surface area contributed by atoms with Gasteiger partial charge in [-0.05, 0) is 49.7 Å². The third-order valence-corrected chi connectivity index (χ3v) is 6.59. The number of ketones is 1. The first kappa shape index (κ1) is 27.4. The highest BCUT2D eigenvalue weighted by Crippen LogP contribution is 2.42. The molecular formula is C28H33FN2O7. The highest BCUT2D eigenvalue weighted by atomic mass is 19.1. The van der Waals surface area contributed by atoms with Crippen molar-refractivity contribution in [3.63, 3.8) is 0 Å². The zero-order valence-corrected chi connectivity index (χ0v) is 22.0. The normalized spacial score (nSPS) is 19.7. The molecule has 2 aromatic carbocycles. The van der Waals surface area contributed by atoms with Crippen LogP contribution in [-0.4, -0.2) is 86.3 Å². The van der Waals surface area contributed by atoms with E-state index >= 15 is 0 Å². The second kappa shape index (κ2) is 11.8. The fourth-order valence-corrected chi connectivity index (χ4v) is 4.71. The second-order valence-corrected chi connectivity index (χ2v) is 9.37. The quantitative estimate of drug-likeness (QED) is 0.301. The lowest BCUT2D eigenvalue weighted by Crippen LogP contribution is -2.42. The van der Waals surface area contributed by atoms with Crippen LogP contribution in [0.5, 0.6) is 17.2 Å². The van der Waals surface area contributed by atoms with Gasteiger partial charge >= 0.3 is 0 Å². The first-order valence-electron chi connectivity index (χ1n) is 12.5. The Morgan fingerprint density at radius 3 is 2.34 bits per heavy atom. The number of methoxy groups -OCH3 is 2. The molecule has 2 aromatic rings. The van der Waals surface area contributed by atoms with Crippen LogP contribution in [0.2, 0.25) is 0 Å². The molecule has 9 nitrogen and oxygen atoms in total. The van der Waals surface area contributed by atoms with Crippen molar-refractivity contribution >= 4 is 17.4 Å². The Balaban J connectivity index is 1.77. The van der Waals surface area contributed by atoms with E-state index in [0.717, 1.165) is 19.2 Å². The van der Waals surface area contributed by atoms with Gasteiger partial charge in [-0.3, -0.25) is 14.5 Å². The smallest absolute Gasteiger partial charge is 0.295 e. The maximum absolute atomic E-state index is 14.8. The number of Topliss-reactive ketones (excluding diaryl/α,β-unsaturated/α-hetero) is 1. The Morgan fingerprint density at radius 1 is 1.03 bits per heavy atom. The number of hydrogen-bond acceptors (Lipinski definition) is 8. The first-order valence-corrected chi connectivity index (χ1v) is 12.5. The topological polar surface area (TPSA) is 97.8 Å². The number of rotatable bonds is 9. The SMILES string of the molecule is COc1ccc(C2C(=C(O)c3ccc(OC(C)C)c(F)c3)C(=O)C(=O)N2CCN2CCOCC2)cc1OC. The molecule has 1 N–H and O–H groups in total. The molecular weight excluding hydrogens is 495 g/mol. The molecule has 1 unspecified atom stereocenters. The van der Waals surface area contributed by atoms with Gasteiger partial charge in [0.15, 0.2) is 23.1 Å². The third kappa shape index (κ3) is 5.61. The number of halogens is 1. The average molecular weight is 529 g/mol. The zero-order valence-electron chi connectivity index (χ0n) is 22.0. The molecule has 4 rings (SSSR count). The maximum atomic E-state index is 14.8. The number of morpholine rings is 1. The standard InChI is InChI=1S/C28H33FN2O7/c1-17(2)38-21-7-6-19(15-20(21)29)26(32)24-25(18-5-8-22(35-3)23(16-18)36-4)31(28(34)27(24)33)10-9-30-11-13-37-14-12-30/h5-8,15-17,25,32H,9-14H2,1-4H3. The Bertz CT molecular complexity index is 1220. The summed E-state index contributed by atoms with van der Waals surface area (Å²) in [5, 5.41) is 11.3. The summed E-state index contributed by atoms with van der Waals surface area (Å²) in [6.07, 6.45) is -0.245. The van der Waals surface area contributed by atoms with E-state index in [0.29, 0.717) is 36.8 Å². The van der Waals surface area contributed by atoms with Crippen molar-refractivity contribution in [2.45, 2.75) is 26.0 Å². The van der Waals surface area contributed by atoms with Crippen LogP contribution >= 0.6 is 0 Å². The largest absolute Gasteiger partial charge is 0.507 e. The maximum Gasteiger partial charge on any atom is 0.295 e. The van der Waals surface area contributed by atoms with Gasteiger partial charge in [-0.25, -0.2) is 4.39 Å². The lowest BCUT2D eigenvalue weighted by Gasteiger charge is -2.31. The molecule has 2 aliphatic rings. The monoisotopic (exact) mass is 528 g/mol. The van der Waals surface area contributed by atoms with E-state index in [1.165, 1.54) is 31.3 Å². The van der Waals surface area contributed by atoms with Crippen LogP contribution in [-0.2, 0) is 14.3 Å².